The molecule has 2 unspecified atom stereocenters. The Bertz CT molecular complexity index is 373. The fourth-order valence-electron chi connectivity index (χ4n) is 2.36. The summed E-state index contributed by atoms with van der Waals surface area (Å²) in [5, 5.41) is 0.734. The number of benzene rings is 1. The van der Waals surface area contributed by atoms with Crippen molar-refractivity contribution in [3.8, 4) is 0 Å². The summed E-state index contributed by atoms with van der Waals surface area (Å²) < 4.78 is 10.5. The molecular weight excluding hydrogens is 276 g/mol. The largest absolute Gasteiger partial charge is 0.383 e. The van der Waals surface area contributed by atoms with Crippen LogP contribution in [-0.4, -0.2) is 51.5 Å². The lowest BCUT2D eigenvalue weighted by Crippen LogP contribution is -2.43. The van der Waals surface area contributed by atoms with Gasteiger partial charge in [0.1, 0.15) is 0 Å². The van der Waals surface area contributed by atoms with Crippen LogP contribution in [0.15, 0.2) is 24.3 Å². The summed E-state index contributed by atoms with van der Waals surface area (Å²) in [6.45, 7) is 4.81. The van der Waals surface area contributed by atoms with Crippen molar-refractivity contribution in [3.05, 3.63) is 34.9 Å². The van der Waals surface area contributed by atoms with Crippen LogP contribution in [0.2, 0.25) is 5.02 Å². The molecule has 20 heavy (non-hydrogen) atoms. The van der Waals surface area contributed by atoms with E-state index in [-0.39, 0.29) is 12.1 Å². The first kappa shape index (κ1) is 17.4. The lowest BCUT2D eigenvalue weighted by molar-refractivity contribution is 0.0487. The molecule has 5 heteroatoms. The van der Waals surface area contributed by atoms with Gasteiger partial charge in [-0.1, -0.05) is 23.7 Å². The van der Waals surface area contributed by atoms with Crippen molar-refractivity contribution >= 4 is 11.6 Å². The average molecular weight is 301 g/mol. The average Bonchev–Trinajstić information content (AvgIpc) is 2.45. The maximum Gasteiger partial charge on any atom is 0.0615 e. The van der Waals surface area contributed by atoms with E-state index in [4.69, 9.17) is 26.8 Å². The second kappa shape index (κ2) is 9.32. The van der Waals surface area contributed by atoms with Gasteiger partial charge in [-0.25, -0.2) is 0 Å². The van der Waals surface area contributed by atoms with Crippen LogP contribution < -0.4 is 5.73 Å². The van der Waals surface area contributed by atoms with Crippen molar-refractivity contribution in [2.45, 2.75) is 19.0 Å². The smallest absolute Gasteiger partial charge is 0.0615 e. The molecule has 0 bridgehead atoms. The van der Waals surface area contributed by atoms with Gasteiger partial charge in [-0.15, -0.1) is 0 Å². The molecule has 2 N–H and O–H groups in total. The van der Waals surface area contributed by atoms with Crippen LogP contribution in [0.5, 0.6) is 0 Å². The van der Waals surface area contributed by atoms with E-state index >= 15 is 0 Å². The van der Waals surface area contributed by atoms with Gasteiger partial charge in [-0.3, -0.25) is 4.90 Å². The SMILES string of the molecule is COCCN(C(C)COC)C(CN)c1ccc(Cl)cc1. The minimum absolute atomic E-state index is 0.132. The van der Waals surface area contributed by atoms with Gasteiger partial charge in [-0.05, 0) is 24.6 Å². The number of hydrogen-bond donors (Lipinski definition) is 1. The second-order valence-electron chi connectivity index (χ2n) is 4.84. The Kier molecular flexibility index (Phi) is 8.11. The van der Waals surface area contributed by atoms with Crippen molar-refractivity contribution in [1.29, 1.82) is 0 Å². The zero-order chi connectivity index (χ0) is 15.0. The molecule has 0 aliphatic rings. The van der Waals surface area contributed by atoms with Crippen molar-refractivity contribution < 1.29 is 9.47 Å². The van der Waals surface area contributed by atoms with Crippen LogP contribution in [0.4, 0.5) is 0 Å². The van der Waals surface area contributed by atoms with E-state index in [9.17, 15) is 0 Å². The summed E-state index contributed by atoms with van der Waals surface area (Å²) in [4.78, 5) is 2.32. The molecule has 0 aliphatic heterocycles. The van der Waals surface area contributed by atoms with Gasteiger partial charge >= 0.3 is 0 Å². The van der Waals surface area contributed by atoms with Crippen LogP contribution in [0.3, 0.4) is 0 Å². The lowest BCUT2D eigenvalue weighted by atomic mass is 10.0. The molecule has 0 saturated carbocycles. The Morgan fingerprint density at radius 3 is 2.35 bits per heavy atom. The third kappa shape index (κ3) is 5.04. The Morgan fingerprint density at radius 1 is 1.20 bits per heavy atom. The van der Waals surface area contributed by atoms with Crippen LogP contribution >= 0.6 is 11.6 Å². The quantitative estimate of drug-likeness (QED) is 0.760. The van der Waals surface area contributed by atoms with Crippen LogP contribution in [0, 0.1) is 0 Å². The van der Waals surface area contributed by atoms with E-state index in [0.29, 0.717) is 19.8 Å². The maximum absolute atomic E-state index is 5.99. The topological polar surface area (TPSA) is 47.7 Å². The first-order valence-electron chi connectivity index (χ1n) is 6.83. The molecule has 0 spiro atoms. The molecular formula is C15H25ClN2O2. The lowest BCUT2D eigenvalue weighted by Gasteiger charge is -2.35. The monoisotopic (exact) mass is 300 g/mol. The predicted molar refractivity (Wildman–Crippen MR) is 83.2 cm³/mol. The summed E-state index contributed by atoms with van der Waals surface area (Å²) in [7, 11) is 3.42. The summed E-state index contributed by atoms with van der Waals surface area (Å²) in [6.07, 6.45) is 0. The normalized spacial score (nSPS) is 14.5. The van der Waals surface area contributed by atoms with Crippen LogP contribution in [-0.2, 0) is 9.47 Å². The first-order chi connectivity index (χ1) is 9.63. The molecule has 1 aromatic rings. The third-order valence-corrected chi connectivity index (χ3v) is 3.66. The second-order valence-corrected chi connectivity index (χ2v) is 5.27. The number of ether oxygens (including phenoxy) is 2. The molecule has 0 fully saturated rings. The summed E-state index contributed by atoms with van der Waals surface area (Å²) >= 11 is 5.95. The maximum atomic E-state index is 5.99. The molecule has 0 amide bonds. The molecule has 1 aromatic carbocycles. The van der Waals surface area contributed by atoms with Crippen molar-refractivity contribution in [2.75, 3.05) is 40.5 Å². The standard InChI is InChI=1S/C15H25ClN2O2/c1-12(11-20-3)18(8-9-19-2)15(10-17)13-4-6-14(16)7-5-13/h4-7,12,15H,8-11,17H2,1-3H3. The third-order valence-electron chi connectivity index (χ3n) is 3.41. The first-order valence-corrected chi connectivity index (χ1v) is 7.21. The number of rotatable bonds is 9. The highest BCUT2D eigenvalue weighted by Crippen LogP contribution is 2.23. The van der Waals surface area contributed by atoms with E-state index in [2.05, 4.69) is 11.8 Å². The van der Waals surface area contributed by atoms with Crippen molar-refractivity contribution in [1.82, 2.24) is 4.90 Å². The molecule has 0 radical (unpaired) electrons. The van der Waals surface area contributed by atoms with E-state index in [1.165, 1.54) is 0 Å². The summed E-state index contributed by atoms with van der Waals surface area (Å²) in [6, 6.07) is 8.24. The van der Waals surface area contributed by atoms with E-state index in [1.54, 1.807) is 14.2 Å². The van der Waals surface area contributed by atoms with Crippen molar-refractivity contribution in [2.24, 2.45) is 5.73 Å². The fraction of sp³-hybridized carbons (Fsp3) is 0.600. The minimum atomic E-state index is 0.132. The molecule has 4 nitrogen and oxygen atoms in total. The highest BCUT2D eigenvalue weighted by molar-refractivity contribution is 6.30. The Labute approximate surface area is 126 Å². The van der Waals surface area contributed by atoms with Gasteiger partial charge < -0.3 is 15.2 Å². The van der Waals surface area contributed by atoms with Gasteiger partial charge in [0, 0.05) is 44.4 Å². The fourth-order valence-corrected chi connectivity index (χ4v) is 2.49. The molecule has 2 atom stereocenters. The number of hydrogen-bond acceptors (Lipinski definition) is 4. The molecule has 0 heterocycles. The number of nitrogens with two attached hydrogens (primary N) is 1. The number of nitrogens with zero attached hydrogens (tertiary/aromatic N) is 1. The summed E-state index contributed by atoms with van der Waals surface area (Å²) in [5.41, 5.74) is 7.16. The van der Waals surface area contributed by atoms with E-state index in [1.807, 2.05) is 24.3 Å². The van der Waals surface area contributed by atoms with Crippen LogP contribution in [0.1, 0.15) is 18.5 Å². The highest BCUT2D eigenvalue weighted by atomic mass is 35.5. The zero-order valence-electron chi connectivity index (χ0n) is 12.5. The minimum Gasteiger partial charge on any atom is -0.383 e. The molecule has 114 valence electrons. The molecule has 1 rings (SSSR count). The Balaban J connectivity index is 2.91. The Morgan fingerprint density at radius 2 is 1.85 bits per heavy atom. The van der Waals surface area contributed by atoms with Gasteiger partial charge in [0.25, 0.3) is 0 Å². The molecule has 0 saturated heterocycles. The van der Waals surface area contributed by atoms with Crippen LogP contribution in [0.25, 0.3) is 0 Å². The summed E-state index contributed by atoms with van der Waals surface area (Å²) in [5.74, 6) is 0. The van der Waals surface area contributed by atoms with Crippen molar-refractivity contribution in [3.63, 3.8) is 0 Å². The van der Waals surface area contributed by atoms with Gasteiger partial charge in [0.05, 0.1) is 13.2 Å². The Hall–Kier alpha value is -0.650. The molecule has 0 aromatic heterocycles. The van der Waals surface area contributed by atoms with Gasteiger partial charge in [0.15, 0.2) is 0 Å². The van der Waals surface area contributed by atoms with Gasteiger partial charge in [0.2, 0.25) is 0 Å². The van der Waals surface area contributed by atoms with Gasteiger partial charge in [-0.2, -0.15) is 0 Å². The number of methoxy groups -OCH3 is 2. The highest BCUT2D eigenvalue weighted by Gasteiger charge is 2.23. The number of halogens is 1. The van der Waals surface area contributed by atoms with E-state index in [0.717, 1.165) is 17.1 Å². The predicted octanol–water partition coefficient (Wildman–Crippen LogP) is 2.32. The zero-order valence-corrected chi connectivity index (χ0v) is 13.3. The molecule has 0 aliphatic carbocycles. The van der Waals surface area contributed by atoms with E-state index < -0.39 is 0 Å².